The number of nitrogens with two attached hydrogens (primary N) is 1. The second kappa shape index (κ2) is 6.45. The van der Waals surface area contributed by atoms with Gasteiger partial charge in [0.2, 0.25) is 0 Å². The average molecular weight is 310 g/mol. The van der Waals surface area contributed by atoms with Crippen LogP contribution in [0.25, 0.3) is 0 Å². The van der Waals surface area contributed by atoms with Crippen molar-refractivity contribution in [3.8, 4) is 0 Å². The topological polar surface area (TPSA) is 64.3 Å². The van der Waals surface area contributed by atoms with Gasteiger partial charge >= 0.3 is 5.97 Å². The molecule has 4 nitrogen and oxygen atoms in total. The van der Waals surface area contributed by atoms with E-state index in [0.29, 0.717) is 5.69 Å². The molecule has 2 aromatic carbocycles. The molecule has 0 unspecified atom stereocenters. The quantitative estimate of drug-likeness (QED) is 0.514. The Bertz CT molecular complexity index is 663. The van der Waals surface area contributed by atoms with Crippen LogP contribution in [-0.4, -0.2) is 13.1 Å². The van der Waals surface area contributed by atoms with Crippen LogP contribution in [-0.2, 0) is 4.74 Å². The first-order valence-corrected chi connectivity index (χ1v) is 6.68. The van der Waals surface area contributed by atoms with Gasteiger partial charge in [-0.25, -0.2) is 13.6 Å². The van der Waals surface area contributed by atoms with Gasteiger partial charge < -0.3 is 15.2 Å². The molecule has 0 aromatic heterocycles. The van der Waals surface area contributed by atoms with E-state index in [4.69, 9.17) is 5.73 Å². The smallest absolute Gasteiger partial charge is 0.340 e. The number of halogens is 2. The van der Waals surface area contributed by atoms with E-state index in [1.54, 1.807) is 24.3 Å². The molecule has 0 aliphatic heterocycles. The van der Waals surface area contributed by atoms with Crippen LogP contribution in [0.4, 0.5) is 20.2 Å². The van der Waals surface area contributed by atoms with Crippen molar-refractivity contribution in [3.05, 3.63) is 53.6 Å². The van der Waals surface area contributed by atoms with Gasteiger partial charge in [0, 0.05) is 16.6 Å². The number of anilines is 2. The molecule has 2 rings (SSSR count). The lowest BCUT2D eigenvalue weighted by atomic mass is 10.2. The number of methoxy groups -OCH3 is 1. The van der Waals surface area contributed by atoms with Crippen LogP contribution >= 0.6 is 11.9 Å². The SMILES string of the molecule is COC(=O)c1cc(F)c(NSc2ccc(N)cc2)cc1F. The lowest BCUT2D eigenvalue weighted by molar-refractivity contribution is 0.0595. The van der Waals surface area contributed by atoms with E-state index >= 15 is 0 Å². The maximum Gasteiger partial charge on any atom is 0.340 e. The van der Waals surface area contributed by atoms with Crippen LogP contribution in [0.1, 0.15) is 10.4 Å². The summed E-state index contributed by atoms with van der Waals surface area (Å²) in [7, 11) is 1.10. The van der Waals surface area contributed by atoms with Gasteiger partial charge in [0.05, 0.1) is 18.4 Å². The predicted molar refractivity (Wildman–Crippen MR) is 78.0 cm³/mol. The van der Waals surface area contributed by atoms with Crippen molar-refractivity contribution >= 4 is 29.3 Å². The van der Waals surface area contributed by atoms with E-state index < -0.39 is 23.2 Å². The summed E-state index contributed by atoms with van der Waals surface area (Å²) in [5.41, 5.74) is 5.65. The fraction of sp³-hybridized carbons (Fsp3) is 0.0714. The number of hydrogen-bond donors (Lipinski definition) is 2. The predicted octanol–water partition coefficient (Wildman–Crippen LogP) is 3.45. The van der Waals surface area contributed by atoms with Crippen LogP contribution < -0.4 is 10.5 Å². The molecule has 0 aliphatic rings. The first kappa shape index (κ1) is 15.1. The van der Waals surface area contributed by atoms with E-state index in [9.17, 15) is 13.6 Å². The summed E-state index contributed by atoms with van der Waals surface area (Å²) in [5, 5.41) is 0. The fourth-order valence-corrected chi connectivity index (χ4v) is 2.20. The van der Waals surface area contributed by atoms with Crippen molar-refractivity contribution in [1.29, 1.82) is 0 Å². The minimum absolute atomic E-state index is 0.0676. The highest BCUT2D eigenvalue weighted by atomic mass is 32.2. The van der Waals surface area contributed by atoms with Crippen molar-refractivity contribution in [2.75, 3.05) is 17.6 Å². The number of carbonyl (C=O) groups excluding carboxylic acids is 1. The average Bonchev–Trinajstić information content (AvgIpc) is 2.48. The minimum Gasteiger partial charge on any atom is -0.465 e. The van der Waals surface area contributed by atoms with Crippen molar-refractivity contribution in [2.24, 2.45) is 0 Å². The van der Waals surface area contributed by atoms with E-state index in [2.05, 4.69) is 9.46 Å². The molecular formula is C14H12F2N2O2S. The molecule has 0 spiro atoms. The zero-order valence-corrected chi connectivity index (χ0v) is 11.8. The van der Waals surface area contributed by atoms with Crippen LogP contribution in [0.2, 0.25) is 0 Å². The molecule has 0 fully saturated rings. The van der Waals surface area contributed by atoms with E-state index in [-0.39, 0.29) is 5.69 Å². The Morgan fingerprint density at radius 2 is 1.86 bits per heavy atom. The van der Waals surface area contributed by atoms with E-state index in [0.717, 1.165) is 36.1 Å². The molecule has 2 aromatic rings. The van der Waals surface area contributed by atoms with E-state index in [1.807, 2.05) is 0 Å². The molecule has 0 bridgehead atoms. The Morgan fingerprint density at radius 3 is 2.48 bits per heavy atom. The van der Waals surface area contributed by atoms with Gasteiger partial charge in [0.25, 0.3) is 0 Å². The van der Waals surface area contributed by atoms with Crippen LogP contribution in [0.3, 0.4) is 0 Å². The molecule has 7 heteroatoms. The van der Waals surface area contributed by atoms with Crippen LogP contribution in [0.15, 0.2) is 41.3 Å². The third-order valence-electron chi connectivity index (χ3n) is 2.62. The minimum atomic E-state index is -0.927. The lowest BCUT2D eigenvalue weighted by Gasteiger charge is -2.09. The van der Waals surface area contributed by atoms with Gasteiger partial charge in [-0.3, -0.25) is 0 Å². The second-order valence-electron chi connectivity index (χ2n) is 4.08. The zero-order chi connectivity index (χ0) is 15.4. The van der Waals surface area contributed by atoms with Gasteiger partial charge in [-0.2, -0.15) is 0 Å². The van der Waals surface area contributed by atoms with Crippen molar-refractivity contribution in [1.82, 2.24) is 0 Å². The number of rotatable bonds is 4. The highest BCUT2D eigenvalue weighted by molar-refractivity contribution is 8.00. The molecule has 0 amide bonds. The first-order chi connectivity index (χ1) is 10.0. The Morgan fingerprint density at radius 1 is 1.19 bits per heavy atom. The van der Waals surface area contributed by atoms with Gasteiger partial charge in [0.1, 0.15) is 11.6 Å². The van der Waals surface area contributed by atoms with Gasteiger partial charge in [-0.15, -0.1) is 0 Å². The van der Waals surface area contributed by atoms with E-state index in [1.165, 1.54) is 0 Å². The Labute approximate surface area is 124 Å². The molecule has 21 heavy (non-hydrogen) atoms. The van der Waals surface area contributed by atoms with Gasteiger partial charge in [-0.05, 0) is 42.3 Å². The molecule has 0 saturated carbocycles. The number of esters is 1. The molecule has 110 valence electrons. The Kier molecular flexibility index (Phi) is 4.64. The molecule has 0 saturated heterocycles. The normalized spacial score (nSPS) is 10.2. The highest BCUT2D eigenvalue weighted by Gasteiger charge is 2.16. The molecule has 0 aliphatic carbocycles. The number of ether oxygens (including phenoxy) is 1. The Hall–Kier alpha value is -2.28. The number of nitrogens with one attached hydrogen (secondary N) is 1. The Balaban J connectivity index is 2.15. The molecule has 0 atom stereocenters. The summed E-state index contributed by atoms with van der Waals surface area (Å²) >= 11 is 1.10. The fourth-order valence-electron chi connectivity index (χ4n) is 1.54. The third-order valence-corrected chi connectivity index (χ3v) is 3.45. The molecule has 3 N–H and O–H groups in total. The number of carbonyl (C=O) groups is 1. The summed E-state index contributed by atoms with van der Waals surface area (Å²) < 4.78 is 34.6. The van der Waals surface area contributed by atoms with Gasteiger partial charge in [-0.1, -0.05) is 0 Å². The number of nitrogen functional groups attached to an aromatic ring is 1. The second-order valence-corrected chi connectivity index (χ2v) is 4.96. The van der Waals surface area contributed by atoms with Crippen LogP contribution in [0, 0.1) is 11.6 Å². The summed E-state index contributed by atoms with van der Waals surface area (Å²) in [4.78, 5) is 12.0. The maximum absolute atomic E-state index is 13.8. The summed E-state index contributed by atoms with van der Waals surface area (Å²) in [6.07, 6.45) is 0. The largest absolute Gasteiger partial charge is 0.465 e. The number of hydrogen-bond acceptors (Lipinski definition) is 5. The number of benzene rings is 2. The third kappa shape index (κ3) is 3.63. The standard InChI is InChI=1S/C14H12F2N2O2S/c1-20-14(19)10-6-12(16)13(7-11(10)15)18-21-9-4-2-8(17)3-5-9/h2-7,18H,17H2,1H3. The summed E-state index contributed by atoms with van der Waals surface area (Å²) in [5.74, 6) is -2.53. The van der Waals surface area contributed by atoms with Gasteiger partial charge in [0.15, 0.2) is 0 Å². The molecule has 0 heterocycles. The first-order valence-electron chi connectivity index (χ1n) is 5.87. The lowest BCUT2D eigenvalue weighted by Crippen LogP contribution is -2.06. The maximum atomic E-state index is 13.8. The summed E-state index contributed by atoms with van der Waals surface area (Å²) in [6.45, 7) is 0. The van der Waals surface area contributed by atoms with Crippen molar-refractivity contribution in [3.63, 3.8) is 0 Å². The van der Waals surface area contributed by atoms with Crippen molar-refractivity contribution < 1.29 is 18.3 Å². The molecular weight excluding hydrogens is 298 g/mol. The summed E-state index contributed by atoms with van der Waals surface area (Å²) in [6, 6.07) is 8.58. The zero-order valence-electron chi connectivity index (χ0n) is 11.0. The van der Waals surface area contributed by atoms with Crippen LogP contribution in [0.5, 0.6) is 0 Å². The van der Waals surface area contributed by atoms with Crippen molar-refractivity contribution in [2.45, 2.75) is 4.90 Å². The monoisotopic (exact) mass is 310 g/mol. The molecule has 0 radical (unpaired) electrons. The highest BCUT2D eigenvalue weighted by Crippen LogP contribution is 2.26.